The average molecular weight is 249 g/mol. The van der Waals surface area contributed by atoms with Gasteiger partial charge in [-0.05, 0) is 48.9 Å². The maximum Gasteiger partial charge on any atom is 0.101 e. The molecule has 0 fully saturated rings. The molecule has 3 nitrogen and oxygen atoms in total. The Balaban J connectivity index is 1.98. The maximum absolute atomic E-state index is 9.12. The van der Waals surface area contributed by atoms with E-state index in [4.69, 9.17) is 5.26 Å². The van der Waals surface area contributed by atoms with Gasteiger partial charge in [-0.15, -0.1) is 0 Å². The molecule has 0 saturated carbocycles. The van der Waals surface area contributed by atoms with E-state index >= 15 is 0 Å². The molecule has 1 aromatic heterocycles. The second kappa shape index (κ2) is 5.11. The van der Waals surface area contributed by atoms with Crippen LogP contribution < -0.4 is 5.32 Å². The van der Waals surface area contributed by atoms with Crippen LogP contribution in [0, 0.1) is 11.3 Å². The van der Waals surface area contributed by atoms with Crippen LogP contribution in [0.3, 0.4) is 0 Å². The first-order valence-electron chi connectivity index (χ1n) is 6.60. The van der Waals surface area contributed by atoms with Crippen molar-refractivity contribution in [2.45, 2.75) is 25.7 Å². The zero-order valence-corrected chi connectivity index (χ0v) is 10.7. The third-order valence-electron chi connectivity index (χ3n) is 3.61. The summed E-state index contributed by atoms with van der Waals surface area (Å²) in [5.41, 5.74) is 5.34. The van der Waals surface area contributed by atoms with Crippen molar-refractivity contribution in [2.24, 2.45) is 0 Å². The number of pyridine rings is 1. The van der Waals surface area contributed by atoms with Crippen LogP contribution in [-0.4, -0.2) is 4.98 Å². The van der Waals surface area contributed by atoms with Crippen molar-refractivity contribution in [1.29, 1.82) is 5.26 Å². The number of fused-ring (bicyclic) bond motifs is 1. The minimum absolute atomic E-state index is 0.628. The molecule has 0 spiro atoms. The van der Waals surface area contributed by atoms with Crippen molar-refractivity contribution in [1.82, 2.24) is 4.98 Å². The summed E-state index contributed by atoms with van der Waals surface area (Å²) in [7, 11) is 0. The smallest absolute Gasteiger partial charge is 0.101 e. The number of nitrogens with one attached hydrogen (secondary N) is 1. The Morgan fingerprint density at radius 2 is 2.00 bits per heavy atom. The predicted octanol–water partition coefficient (Wildman–Crippen LogP) is 3.58. The summed E-state index contributed by atoms with van der Waals surface area (Å²) >= 11 is 0. The Bertz CT molecular complexity index is 641. The normalized spacial score (nSPS) is 13.4. The summed E-state index contributed by atoms with van der Waals surface area (Å²) < 4.78 is 0. The molecule has 0 atom stereocenters. The third kappa shape index (κ3) is 2.30. The van der Waals surface area contributed by atoms with E-state index in [1.807, 2.05) is 0 Å². The number of rotatable bonds is 2. The lowest BCUT2D eigenvalue weighted by molar-refractivity contribution is 0.687. The number of hydrogen-bond donors (Lipinski definition) is 1. The van der Waals surface area contributed by atoms with Gasteiger partial charge in [0.1, 0.15) is 6.07 Å². The molecular weight excluding hydrogens is 234 g/mol. The highest BCUT2D eigenvalue weighted by molar-refractivity contribution is 5.69. The van der Waals surface area contributed by atoms with E-state index in [-0.39, 0.29) is 0 Å². The molecule has 0 amide bonds. The number of hydrogen-bond acceptors (Lipinski definition) is 3. The molecule has 1 N–H and O–H groups in total. The fourth-order valence-electron chi connectivity index (χ4n) is 2.64. The Hall–Kier alpha value is -2.34. The Morgan fingerprint density at radius 3 is 2.89 bits per heavy atom. The van der Waals surface area contributed by atoms with Crippen LogP contribution in [0.4, 0.5) is 11.4 Å². The van der Waals surface area contributed by atoms with Crippen LogP contribution in [0.1, 0.15) is 29.5 Å². The van der Waals surface area contributed by atoms with Crippen LogP contribution in [0.2, 0.25) is 0 Å². The highest BCUT2D eigenvalue weighted by Crippen LogP contribution is 2.30. The lowest BCUT2D eigenvalue weighted by atomic mass is 9.90. The van der Waals surface area contributed by atoms with Gasteiger partial charge in [-0.1, -0.05) is 12.1 Å². The molecular formula is C16H15N3. The van der Waals surface area contributed by atoms with Crippen molar-refractivity contribution in [3.8, 4) is 6.07 Å². The fraction of sp³-hybridized carbons (Fsp3) is 0.250. The Morgan fingerprint density at radius 1 is 1.11 bits per heavy atom. The van der Waals surface area contributed by atoms with Gasteiger partial charge in [0.2, 0.25) is 0 Å². The summed E-state index contributed by atoms with van der Waals surface area (Å²) in [6, 6.07) is 10.3. The number of nitrogens with zero attached hydrogens (tertiary/aromatic N) is 2. The minimum atomic E-state index is 0.628. The van der Waals surface area contributed by atoms with Gasteiger partial charge in [-0.3, -0.25) is 4.98 Å². The van der Waals surface area contributed by atoms with Crippen LogP contribution in [0.15, 0.2) is 36.7 Å². The summed E-state index contributed by atoms with van der Waals surface area (Å²) in [6.45, 7) is 0. The molecule has 94 valence electrons. The molecule has 19 heavy (non-hydrogen) atoms. The SMILES string of the molecule is N#Cc1ccncc1Nc1cccc2c1CCCC2. The third-order valence-corrected chi connectivity index (χ3v) is 3.61. The number of benzene rings is 1. The molecule has 0 saturated heterocycles. The zero-order valence-electron chi connectivity index (χ0n) is 10.7. The molecule has 0 bridgehead atoms. The Kier molecular flexibility index (Phi) is 3.16. The second-order valence-electron chi connectivity index (χ2n) is 4.81. The van der Waals surface area contributed by atoms with Crippen LogP contribution in [0.5, 0.6) is 0 Å². The van der Waals surface area contributed by atoms with Crippen molar-refractivity contribution < 1.29 is 0 Å². The monoisotopic (exact) mass is 249 g/mol. The molecule has 1 aromatic carbocycles. The molecule has 1 heterocycles. The van der Waals surface area contributed by atoms with E-state index < -0.39 is 0 Å². The lowest BCUT2D eigenvalue weighted by Crippen LogP contribution is -2.06. The predicted molar refractivity (Wildman–Crippen MR) is 75.3 cm³/mol. The summed E-state index contributed by atoms with van der Waals surface area (Å²) in [6.07, 6.45) is 8.13. The van der Waals surface area contributed by atoms with Crippen molar-refractivity contribution in [3.63, 3.8) is 0 Å². The molecule has 1 aliphatic rings. The first-order chi connectivity index (χ1) is 9.38. The van der Waals surface area contributed by atoms with Crippen LogP contribution >= 0.6 is 0 Å². The molecule has 0 unspecified atom stereocenters. The minimum Gasteiger partial charge on any atom is -0.353 e. The van der Waals surface area contributed by atoms with Gasteiger partial charge in [0.25, 0.3) is 0 Å². The molecule has 0 radical (unpaired) electrons. The summed E-state index contributed by atoms with van der Waals surface area (Å²) in [5, 5.41) is 12.5. The van der Waals surface area contributed by atoms with E-state index in [0.29, 0.717) is 5.56 Å². The van der Waals surface area contributed by atoms with E-state index in [2.05, 4.69) is 34.6 Å². The standard InChI is InChI=1S/C16H15N3/c17-10-13-8-9-18-11-16(13)19-15-7-3-5-12-4-1-2-6-14(12)15/h3,5,7-9,11,19H,1-2,4,6H2. The van der Waals surface area contributed by atoms with Gasteiger partial charge in [-0.2, -0.15) is 5.26 Å². The average Bonchev–Trinajstić information content (AvgIpc) is 2.48. The van der Waals surface area contributed by atoms with E-state index in [0.717, 1.165) is 24.2 Å². The van der Waals surface area contributed by atoms with Gasteiger partial charge in [0.05, 0.1) is 17.4 Å². The summed E-state index contributed by atoms with van der Waals surface area (Å²) in [4.78, 5) is 4.09. The first-order valence-corrected chi connectivity index (χ1v) is 6.60. The molecule has 3 heteroatoms. The van der Waals surface area contributed by atoms with Gasteiger partial charge >= 0.3 is 0 Å². The van der Waals surface area contributed by atoms with Gasteiger partial charge in [-0.25, -0.2) is 0 Å². The van der Waals surface area contributed by atoms with Gasteiger partial charge < -0.3 is 5.32 Å². The number of nitriles is 1. The van der Waals surface area contributed by atoms with Gasteiger partial charge in [0, 0.05) is 11.9 Å². The zero-order chi connectivity index (χ0) is 13.1. The van der Waals surface area contributed by atoms with Crippen molar-refractivity contribution >= 4 is 11.4 Å². The van der Waals surface area contributed by atoms with Crippen molar-refractivity contribution in [2.75, 3.05) is 5.32 Å². The molecule has 1 aliphatic carbocycles. The number of aromatic nitrogens is 1. The fourth-order valence-corrected chi connectivity index (χ4v) is 2.64. The molecule has 2 aromatic rings. The topological polar surface area (TPSA) is 48.7 Å². The molecule has 3 rings (SSSR count). The first kappa shape index (κ1) is 11.7. The highest BCUT2D eigenvalue weighted by atomic mass is 14.9. The second-order valence-corrected chi connectivity index (χ2v) is 4.81. The van der Waals surface area contributed by atoms with Crippen LogP contribution in [0.25, 0.3) is 0 Å². The van der Waals surface area contributed by atoms with E-state index in [1.165, 1.54) is 24.0 Å². The highest BCUT2D eigenvalue weighted by Gasteiger charge is 2.13. The summed E-state index contributed by atoms with van der Waals surface area (Å²) in [5.74, 6) is 0. The quantitative estimate of drug-likeness (QED) is 0.885. The van der Waals surface area contributed by atoms with Crippen molar-refractivity contribution in [3.05, 3.63) is 53.3 Å². The van der Waals surface area contributed by atoms with E-state index in [1.54, 1.807) is 18.5 Å². The Labute approximate surface area is 112 Å². The van der Waals surface area contributed by atoms with E-state index in [9.17, 15) is 0 Å². The number of aryl methyl sites for hydroxylation is 1. The van der Waals surface area contributed by atoms with Crippen LogP contribution in [-0.2, 0) is 12.8 Å². The molecule has 0 aliphatic heterocycles. The van der Waals surface area contributed by atoms with Gasteiger partial charge in [0.15, 0.2) is 0 Å². The number of anilines is 2. The lowest BCUT2D eigenvalue weighted by Gasteiger charge is -2.20. The maximum atomic E-state index is 9.12. The largest absolute Gasteiger partial charge is 0.353 e.